The van der Waals surface area contributed by atoms with Crippen LogP contribution in [-0.4, -0.2) is 36.4 Å². The van der Waals surface area contributed by atoms with Crippen LogP contribution in [0.1, 0.15) is 41.5 Å². The summed E-state index contributed by atoms with van der Waals surface area (Å²) >= 11 is 1.65. The second kappa shape index (κ2) is 5.07. The van der Waals surface area contributed by atoms with Crippen molar-refractivity contribution in [1.29, 1.82) is 0 Å². The predicted octanol–water partition coefficient (Wildman–Crippen LogP) is 2.29. The number of aromatic nitrogens is 1. The van der Waals surface area contributed by atoms with Crippen LogP contribution in [-0.2, 0) is 9.31 Å². The number of rotatable bonds is 4. The van der Waals surface area contributed by atoms with E-state index >= 15 is 0 Å². The normalized spacial score (nSPS) is 20.8. The Kier molecular flexibility index (Phi) is 3.96. The van der Waals surface area contributed by atoms with Crippen molar-refractivity contribution in [1.82, 2.24) is 4.98 Å². The van der Waals surface area contributed by atoms with E-state index in [0.717, 1.165) is 23.8 Å². The first-order valence-corrected chi connectivity index (χ1v) is 7.74. The molecule has 1 aliphatic heterocycles. The predicted molar refractivity (Wildman–Crippen MR) is 81.4 cm³/mol. The molecule has 2 heterocycles. The minimum atomic E-state index is -0.356. The van der Waals surface area contributed by atoms with Crippen LogP contribution >= 0.6 is 11.3 Å². The summed E-state index contributed by atoms with van der Waals surface area (Å²) < 4.78 is 12.0. The van der Waals surface area contributed by atoms with E-state index in [1.54, 1.807) is 11.3 Å². The van der Waals surface area contributed by atoms with Gasteiger partial charge in [-0.1, -0.05) is 0 Å². The first-order valence-electron chi connectivity index (χ1n) is 6.86. The summed E-state index contributed by atoms with van der Waals surface area (Å²) in [6, 6.07) is 0. The zero-order chi connectivity index (χ0) is 14.3. The summed E-state index contributed by atoms with van der Waals surface area (Å²) in [6.07, 6.45) is 0. The average Bonchev–Trinajstić information content (AvgIpc) is 2.85. The van der Waals surface area contributed by atoms with Gasteiger partial charge in [-0.05, 0) is 41.5 Å². The highest BCUT2D eigenvalue weighted by Gasteiger charge is 2.52. The van der Waals surface area contributed by atoms with Gasteiger partial charge >= 0.3 is 7.12 Å². The molecule has 0 N–H and O–H groups in total. The molecule has 1 aromatic rings. The largest absolute Gasteiger partial charge is 0.515 e. The van der Waals surface area contributed by atoms with Gasteiger partial charge in [0.05, 0.1) is 16.8 Å². The molecule has 1 saturated heterocycles. The van der Waals surface area contributed by atoms with Crippen LogP contribution in [0.4, 0.5) is 5.13 Å². The van der Waals surface area contributed by atoms with Gasteiger partial charge in [0.15, 0.2) is 5.13 Å². The topological polar surface area (TPSA) is 34.6 Å². The first kappa shape index (κ1) is 14.8. The molecule has 4 nitrogen and oxygen atoms in total. The van der Waals surface area contributed by atoms with Gasteiger partial charge in [0.2, 0.25) is 0 Å². The molecule has 1 aliphatic rings. The Morgan fingerprint density at radius 2 is 1.68 bits per heavy atom. The molecule has 0 radical (unpaired) electrons. The number of hydrogen-bond acceptors (Lipinski definition) is 5. The van der Waals surface area contributed by atoms with Crippen molar-refractivity contribution in [3.63, 3.8) is 0 Å². The van der Waals surface area contributed by atoms with E-state index in [9.17, 15) is 0 Å². The van der Waals surface area contributed by atoms with Crippen molar-refractivity contribution < 1.29 is 9.31 Å². The fourth-order valence-electron chi connectivity index (χ4n) is 1.99. The van der Waals surface area contributed by atoms with Crippen molar-refractivity contribution >= 4 is 29.2 Å². The lowest BCUT2D eigenvalue weighted by Gasteiger charge is -2.32. The minimum absolute atomic E-state index is 0.309. The lowest BCUT2D eigenvalue weighted by atomic mass is 9.86. The van der Waals surface area contributed by atoms with Crippen LogP contribution in [0.3, 0.4) is 0 Å². The van der Waals surface area contributed by atoms with Crippen LogP contribution in [0.2, 0.25) is 0 Å². The Morgan fingerprint density at radius 3 is 2.16 bits per heavy atom. The maximum Gasteiger partial charge on any atom is 0.515 e. The van der Waals surface area contributed by atoms with Crippen molar-refractivity contribution in [2.45, 2.75) is 52.7 Å². The molecule has 0 unspecified atom stereocenters. The smallest absolute Gasteiger partial charge is 0.398 e. The van der Waals surface area contributed by atoms with Crippen LogP contribution in [0, 0.1) is 0 Å². The molecule has 0 atom stereocenters. The standard InChI is InChI=1S/C13H23BN2O2S/c1-7-16(8-2)11-15-10(9-19-11)14-17-12(3,4)13(5,6)18-14/h9H,7-8H2,1-6H3. The summed E-state index contributed by atoms with van der Waals surface area (Å²) in [5, 5.41) is 3.07. The summed E-state index contributed by atoms with van der Waals surface area (Å²) in [6.45, 7) is 14.4. The molecule has 0 spiro atoms. The number of anilines is 1. The van der Waals surface area contributed by atoms with Crippen LogP contribution < -0.4 is 10.5 Å². The molecule has 1 fully saturated rings. The maximum absolute atomic E-state index is 6.01. The van der Waals surface area contributed by atoms with E-state index in [2.05, 4.69) is 51.4 Å². The van der Waals surface area contributed by atoms with Gasteiger partial charge in [-0.15, -0.1) is 11.3 Å². The van der Waals surface area contributed by atoms with Gasteiger partial charge < -0.3 is 14.2 Å². The number of thiazole rings is 1. The Labute approximate surface area is 120 Å². The molecule has 1 aromatic heterocycles. The molecule has 2 rings (SSSR count). The summed E-state index contributed by atoms with van der Waals surface area (Å²) in [5.41, 5.74) is 0.262. The highest BCUT2D eigenvalue weighted by atomic mass is 32.1. The highest BCUT2D eigenvalue weighted by molar-refractivity contribution is 7.14. The molecule has 0 amide bonds. The van der Waals surface area contributed by atoms with Crippen LogP contribution in [0.5, 0.6) is 0 Å². The first-order chi connectivity index (χ1) is 8.80. The van der Waals surface area contributed by atoms with Crippen LogP contribution in [0.25, 0.3) is 0 Å². The third-order valence-corrected chi connectivity index (χ3v) is 4.96. The second-order valence-electron chi connectivity index (χ2n) is 5.82. The monoisotopic (exact) mass is 282 g/mol. The van der Waals surface area contributed by atoms with Crippen molar-refractivity contribution in [2.75, 3.05) is 18.0 Å². The SMILES string of the molecule is CCN(CC)c1nc(B2OC(C)(C)C(C)(C)O2)cs1. The summed E-state index contributed by atoms with van der Waals surface area (Å²) in [5.74, 6) is 0. The molecule has 106 valence electrons. The zero-order valence-corrected chi connectivity index (χ0v) is 13.5. The Morgan fingerprint density at radius 1 is 1.16 bits per heavy atom. The van der Waals surface area contributed by atoms with Crippen molar-refractivity contribution in [3.05, 3.63) is 5.38 Å². The van der Waals surface area contributed by atoms with Gasteiger partial charge in [-0.25, -0.2) is 4.98 Å². The summed E-state index contributed by atoms with van der Waals surface area (Å²) in [7, 11) is -0.356. The van der Waals surface area contributed by atoms with Crippen molar-refractivity contribution in [2.24, 2.45) is 0 Å². The maximum atomic E-state index is 6.01. The number of nitrogens with zero attached hydrogens (tertiary/aromatic N) is 2. The van der Waals surface area contributed by atoms with Crippen molar-refractivity contribution in [3.8, 4) is 0 Å². The molecular weight excluding hydrogens is 259 g/mol. The molecule has 0 aromatic carbocycles. The van der Waals surface area contributed by atoms with E-state index in [1.807, 2.05) is 5.38 Å². The Bertz CT molecular complexity index is 428. The third-order valence-electron chi connectivity index (χ3n) is 4.04. The van der Waals surface area contributed by atoms with Gasteiger partial charge in [0, 0.05) is 18.5 Å². The quantitative estimate of drug-likeness (QED) is 0.794. The van der Waals surface area contributed by atoms with E-state index in [-0.39, 0.29) is 18.3 Å². The molecule has 0 bridgehead atoms. The molecular formula is C13H23BN2O2S. The lowest BCUT2D eigenvalue weighted by molar-refractivity contribution is 0.00578. The molecule has 19 heavy (non-hydrogen) atoms. The molecule has 0 saturated carbocycles. The van der Waals surface area contributed by atoms with Gasteiger partial charge in [0.25, 0.3) is 0 Å². The molecule has 0 aliphatic carbocycles. The fraction of sp³-hybridized carbons (Fsp3) is 0.769. The van der Waals surface area contributed by atoms with Gasteiger partial charge in [-0.2, -0.15) is 0 Å². The van der Waals surface area contributed by atoms with Gasteiger partial charge in [-0.3, -0.25) is 0 Å². The van der Waals surface area contributed by atoms with E-state index in [0.29, 0.717) is 0 Å². The van der Waals surface area contributed by atoms with Crippen LogP contribution in [0.15, 0.2) is 5.38 Å². The summed E-state index contributed by atoms with van der Waals surface area (Å²) in [4.78, 5) is 6.90. The van der Waals surface area contributed by atoms with E-state index < -0.39 is 0 Å². The van der Waals surface area contributed by atoms with Gasteiger partial charge in [0.1, 0.15) is 0 Å². The lowest BCUT2D eigenvalue weighted by Crippen LogP contribution is -2.41. The number of hydrogen-bond donors (Lipinski definition) is 0. The fourth-order valence-corrected chi connectivity index (χ4v) is 2.94. The Hall–Kier alpha value is -0.585. The highest BCUT2D eigenvalue weighted by Crippen LogP contribution is 2.36. The Balaban J connectivity index is 2.17. The second-order valence-corrected chi connectivity index (χ2v) is 6.65. The average molecular weight is 282 g/mol. The molecule has 6 heteroatoms. The van der Waals surface area contributed by atoms with E-state index in [1.165, 1.54) is 0 Å². The third kappa shape index (κ3) is 2.66. The minimum Gasteiger partial charge on any atom is -0.398 e. The zero-order valence-electron chi connectivity index (χ0n) is 12.7. The van der Waals surface area contributed by atoms with E-state index in [4.69, 9.17) is 9.31 Å².